The van der Waals surface area contributed by atoms with Crippen LogP contribution in [-0.4, -0.2) is 41.4 Å². The number of rotatable bonds is 3. The van der Waals surface area contributed by atoms with Gasteiger partial charge in [0.2, 0.25) is 0 Å². The Bertz CT molecular complexity index is 376. The molecular formula is C11H16N4O2. The van der Waals surface area contributed by atoms with Crippen LogP contribution < -0.4 is 11.1 Å². The van der Waals surface area contributed by atoms with Gasteiger partial charge in [0.05, 0.1) is 23.5 Å². The summed E-state index contributed by atoms with van der Waals surface area (Å²) in [5.41, 5.74) is 5.92. The molecule has 1 aliphatic heterocycles. The van der Waals surface area contributed by atoms with Gasteiger partial charge in [0.15, 0.2) is 0 Å². The van der Waals surface area contributed by atoms with Crippen LogP contribution in [-0.2, 0) is 4.74 Å². The first kappa shape index (κ1) is 11.9. The topological polar surface area (TPSA) is 90.1 Å². The molecule has 3 N–H and O–H groups in total. The smallest absolute Gasteiger partial charge is 0.253 e. The number of nitrogens with two attached hydrogens (primary N) is 1. The predicted molar refractivity (Wildman–Crippen MR) is 61.3 cm³/mol. The number of aromatic nitrogens is 2. The summed E-state index contributed by atoms with van der Waals surface area (Å²) in [5.74, 6) is -0.160. The van der Waals surface area contributed by atoms with E-state index in [0.717, 1.165) is 12.8 Å². The molecule has 1 aromatic rings. The van der Waals surface area contributed by atoms with Crippen molar-refractivity contribution in [2.75, 3.05) is 19.8 Å². The summed E-state index contributed by atoms with van der Waals surface area (Å²) in [4.78, 5) is 12.0. The molecule has 2 heterocycles. The van der Waals surface area contributed by atoms with Gasteiger partial charge in [0.25, 0.3) is 5.91 Å². The second kappa shape index (κ2) is 5.20. The molecule has 1 aliphatic rings. The second-order valence-corrected chi connectivity index (χ2v) is 4.18. The van der Waals surface area contributed by atoms with Crippen LogP contribution in [0.25, 0.3) is 0 Å². The van der Waals surface area contributed by atoms with Crippen molar-refractivity contribution in [3.8, 4) is 0 Å². The van der Waals surface area contributed by atoms with Gasteiger partial charge in [-0.05, 0) is 18.9 Å². The minimum Gasteiger partial charge on any atom is -0.381 e. The maximum Gasteiger partial charge on any atom is 0.253 e. The number of amides is 1. The summed E-state index contributed by atoms with van der Waals surface area (Å²) in [5, 5.41) is 10.3. The number of hydrogen-bond donors (Lipinski definition) is 2. The quantitative estimate of drug-likeness (QED) is 0.753. The van der Waals surface area contributed by atoms with E-state index in [1.165, 1.54) is 12.4 Å². The van der Waals surface area contributed by atoms with Gasteiger partial charge in [0, 0.05) is 19.8 Å². The summed E-state index contributed by atoms with van der Waals surface area (Å²) in [6.45, 7) is 1.68. The Kier molecular flexibility index (Phi) is 3.65. The number of ether oxygens (including phenoxy) is 1. The molecule has 1 aromatic heterocycles. The van der Waals surface area contributed by atoms with Crippen LogP contribution in [0.15, 0.2) is 18.5 Å². The highest BCUT2D eigenvalue weighted by Gasteiger charge is 2.32. The third kappa shape index (κ3) is 2.78. The molecule has 17 heavy (non-hydrogen) atoms. The summed E-state index contributed by atoms with van der Waals surface area (Å²) in [6.07, 6.45) is 4.42. The zero-order chi connectivity index (χ0) is 12.1. The SMILES string of the molecule is NCC1(NC(=O)c2ccnnc2)CCOCC1. The van der Waals surface area contributed by atoms with Crippen molar-refractivity contribution in [1.82, 2.24) is 15.5 Å². The van der Waals surface area contributed by atoms with Crippen molar-refractivity contribution in [1.29, 1.82) is 0 Å². The Morgan fingerprint density at radius 1 is 1.47 bits per heavy atom. The lowest BCUT2D eigenvalue weighted by Crippen LogP contribution is -2.56. The van der Waals surface area contributed by atoms with Crippen LogP contribution in [0.1, 0.15) is 23.2 Å². The van der Waals surface area contributed by atoms with Crippen molar-refractivity contribution in [3.63, 3.8) is 0 Å². The van der Waals surface area contributed by atoms with Gasteiger partial charge in [-0.15, -0.1) is 0 Å². The van der Waals surface area contributed by atoms with Crippen LogP contribution in [0.2, 0.25) is 0 Å². The molecule has 0 aliphatic carbocycles. The third-order valence-corrected chi connectivity index (χ3v) is 3.07. The molecule has 6 heteroatoms. The second-order valence-electron chi connectivity index (χ2n) is 4.18. The largest absolute Gasteiger partial charge is 0.381 e. The van der Waals surface area contributed by atoms with Crippen LogP contribution >= 0.6 is 0 Å². The fraction of sp³-hybridized carbons (Fsp3) is 0.545. The minimum absolute atomic E-state index is 0.160. The Morgan fingerprint density at radius 2 is 2.24 bits per heavy atom. The number of nitrogens with one attached hydrogen (secondary N) is 1. The predicted octanol–water partition coefficient (Wildman–Crippen LogP) is -0.286. The third-order valence-electron chi connectivity index (χ3n) is 3.07. The Labute approximate surface area is 99.6 Å². The van der Waals surface area contributed by atoms with E-state index in [4.69, 9.17) is 10.5 Å². The summed E-state index contributed by atoms with van der Waals surface area (Å²) in [6, 6.07) is 1.63. The normalized spacial score (nSPS) is 18.6. The lowest BCUT2D eigenvalue weighted by atomic mass is 9.90. The first-order valence-electron chi connectivity index (χ1n) is 5.63. The average Bonchev–Trinajstić information content (AvgIpc) is 2.41. The highest BCUT2D eigenvalue weighted by Crippen LogP contribution is 2.19. The van der Waals surface area contributed by atoms with Gasteiger partial charge in [-0.1, -0.05) is 0 Å². The molecule has 1 saturated heterocycles. The molecule has 0 saturated carbocycles. The highest BCUT2D eigenvalue weighted by molar-refractivity contribution is 5.94. The first-order chi connectivity index (χ1) is 8.26. The van der Waals surface area contributed by atoms with Crippen molar-refractivity contribution in [3.05, 3.63) is 24.0 Å². The molecule has 0 aromatic carbocycles. The van der Waals surface area contributed by atoms with Gasteiger partial charge in [0.1, 0.15) is 0 Å². The van der Waals surface area contributed by atoms with Crippen molar-refractivity contribution in [2.45, 2.75) is 18.4 Å². The van der Waals surface area contributed by atoms with E-state index in [2.05, 4.69) is 15.5 Å². The van der Waals surface area contributed by atoms with Crippen LogP contribution in [0.3, 0.4) is 0 Å². The molecule has 92 valence electrons. The molecule has 1 amide bonds. The minimum atomic E-state index is -0.349. The van der Waals surface area contributed by atoms with Gasteiger partial charge < -0.3 is 15.8 Å². The van der Waals surface area contributed by atoms with Crippen LogP contribution in [0.5, 0.6) is 0 Å². The zero-order valence-electron chi connectivity index (χ0n) is 9.56. The summed E-state index contributed by atoms with van der Waals surface area (Å²) in [7, 11) is 0. The van der Waals surface area contributed by atoms with Crippen molar-refractivity contribution in [2.24, 2.45) is 5.73 Å². The number of nitrogens with zero attached hydrogens (tertiary/aromatic N) is 2. The van der Waals surface area contributed by atoms with Gasteiger partial charge in [-0.25, -0.2) is 0 Å². The highest BCUT2D eigenvalue weighted by atomic mass is 16.5. The lowest BCUT2D eigenvalue weighted by molar-refractivity contribution is 0.0388. The van der Waals surface area contributed by atoms with Crippen LogP contribution in [0.4, 0.5) is 0 Å². The molecule has 0 radical (unpaired) electrons. The summed E-state index contributed by atoms with van der Waals surface area (Å²) >= 11 is 0. The van der Waals surface area contributed by atoms with E-state index >= 15 is 0 Å². The molecule has 0 atom stereocenters. The van der Waals surface area contributed by atoms with E-state index in [1.807, 2.05) is 0 Å². The molecular weight excluding hydrogens is 220 g/mol. The number of hydrogen-bond acceptors (Lipinski definition) is 5. The van der Waals surface area contributed by atoms with E-state index in [1.54, 1.807) is 6.07 Å². The van der Waals surface area contributed by atoms with E-state index in [-0.39, 0.29) is 11.4 Å². The van der Waals surface area contributed by atoms with E-state index < -0.39 is 0 Å². The molecule has 1 fully saturated rings. The van der Waals surface area contributed by atoms with Gasteiger partial charge in [-0.3, -0.25) is 4.79 Å². The zero-order valence-corrected chi connectivity index (χ0v) is 9.56. The molecule has 0 bridgehead atoms. The fourth-order valence-electron chi connectivity index (χ4n) is 1.88. The maximum absolute atomic E-state index is 12.0. The molecule has 6 nitrogen and oxygen atoms in total. The number of carbonyl (C=O) groups is 1. The Morgan fingerprint density at radius 3 is 2.82 bits per heavy atom. The maximum atomic E-state index is 12.0. The fourth-order valence-corrected chi connectivity index (χ4v) is 1.88. The van der Waals surface area contributed by atoms with E-state index in [0.29, 0.717) is 25.3 Å². The first-order valence-corrected chi connectivity index (χ1v) is 5.63. The van der Waals surface area contributed by atoms with Crippen LogP contribution in [0, 0.1) is 0 Å². The van der Waals surface area contributed by atoms with Crippen molar-refractivity contribution >= 4 is 5.91 Å². The van der Waals surface area contributed by atoms with Gasteiger partial charge in [-0.2, -0.15) is 10.2 Å². The summed E-state index contributed by atoms with van der Waals surface area (Å²) < 4.78 is 5.28. The average molecular weight is 236 g/mol. The Hall–Kier alpha value is -1.53. The van der Waals surface area contributed by atoms with Gasteiger partial charge >= 0.3 is 0 Å². The standard InChI is InChI=1S/C11H16N4O2/c12-8-11(2-5-17-6-3-11)15-10(16)9-1-4-13-14-7-9/h1,4,7H,2-3,5-6,8,12H2,(H,15,16). The number of carbonyl (C=O) groups excluding carboxylic acids is 1. The monoisotopic (exact) mass is 236 g/mol. The van der Waals surface area contributed by atoms with Crippen molar-refractivity contribution < 1.29 is 9.53 Å². The molecule has 0 spiro atoms. The molecule has 0 unspecified atom stereocenters. The lowest BCUT2D eigenvalue weighted by Gasteiger charge is -2.36. The molecule has 2 rings (SSSR count). The van der Waals surface area contributed by atoms with E-state index in [9.17, 15) is 4.79 Å². The Balaban J connectivity index is 2.06.